The van der Waals surface area contributed by atoms with Crippen molar-refractivity contribution in [1.29, 1.82) is 0 Å². The molecule has 0 amide bonds. The third-order valence-corrected chi connectivity index (χ3v) is 15.4. The number of fused-ring (bicyclic) bond motifs is 1. The first kappa shape index (κ1) is 37.1. The van der Waals surface area contributed by atoms with Gasteiger partial charge < -0.3 is 19.6 Å². The molecule has 0 radical (unpaired) electrons. The maximum absolute atomic E-state index is 2.90. The van der Waals surface area contributed by atoms with Gasteiger partial charge in [-0.25, -0.2) is 0 Å². The summed E-state index contributed by atoms with van der Waals surface area (Å²) in [5.41, 5.74) is 0. The summed E-state index contributed by atoms with van der Waals surface area (Å²) in [5.74, 6) is 11.2. The lowest BCUT2D eigenvalue weighted by atomic mass is 9.68. The van der Waals surface area contributed by atoms with Gasteiger partial charge in [0.25, 0.3) is 0 Å². The standard InChI is InChI=1S/C40H74N4.C2H6/c1-29-7-14-41(6)25-37-21-31(3)38(22-30(37)2)27-43-17-10-35(11-18-43)36-12-19-44(20-13-36)28-40-24-32(4)39(23-33(40)5)26-42-15-8-34(29)9-16-42;1-2/h29-40H,7-28H2,1-6H3;1-2H3/p+1/t29?,30-,31-,32-,33-,37?,38?,39?,40?;/m0./s1. The highest BCUT2D eigenvalue weighted by Crippen LogP contribution is 2.41. The van der Waals surface area contributed by atoms with Crippen LogP contribution in [0.15, 0.2) is 0 Å². The fourth-order valence-corrected chi connectivity index (χ4v) is 11.9. The van der Waals surface area contributed by atoms with Crippen molar-refractivity contribution in [3.63, 3.8) is 0 Å². The van der Waals surface area contributed by atoms with E-state index in [1.165, 1.54) is 143 Å². The van der Waals surface area contributed by atoms with Crippen LogP contribution in [-0.2, 0) is 0 Å². The lowest BCUT2D eigenvalue weighted by Crippen LogP contribution is -3.14. The molecule has 10 bridgehead atoms. The average molecular weight is 642 g/mol. The van der Waals surface area contributed by atoms with Crippen LogP contribution in [0.1, 0.15) is 119 Å². The zero-order chi connectivity index (χ0) is 32.8. The number of quaternary nitrogens is 1. The van der Waals surface area contributed by atoms with Crippen LogP contribution in [0.25, 0.3) is 0 Å². The molecule has 11 heterocycles. The van der Waals surface area contributed by atoms with Crippen LogP contribution in [0.4, 0.5) is 0 Å². The second-order valence-electron chi connectivity index (χ2n) is 18.5. The summed E-state index contributed by atoms with van der Waals surface area (Å²) in [5, 5.41) is 0. The van der Waals surface area contributed by atoms with E-state index in [-0.39, 0.29) is 0 Å². The molecule has 2 aliphatic carbocycles. The molecule has 0 aromatic heterocycles. The zero-order valence-corrected chi connectivity index (χ0v) is 32.3. The van der Waals surface area contributed by atoms with Gasteiger partial charge in [-0.3, -0.25) is 0 Å². The second kappa shape index (κ2) is 17.7. The van der Waals surface area contributed by atoms with Crippen LogP contribution >= 0.6 is 0 Å². The SMILES string of the molecule is CC.CC1CCN(C)CC2C[C@H](C)C(C[C@@H]2C)CN2CCC(CC2)C2CC[NH+](CC2)CC2C[C@H](C)C(C[C@@H]2C)CN2CCC1CC2. The first-order valence-corrected chi connectivity index (χ1v) is 21.2. The van der Waals surface area contributed by atoms with Crippen LogP contribution in [0, 0.1) is 71.0 Å². The summed E-state index contributed by atoms with van der Waals surface area (Å²) < 4.78 is 0. The first-order valence-electron chi connectivity index (χ1n) is 21.2. The number of piperidine rings is 3. The van der Waals surface area contributed by atoms with Gasteiger partial charge in [0.05, 0.1) is 19.6 Å². The van der Waals surface area contributed by atoms with Gasteiger partial charge in [0.2, 0.25) is 0 Å². The van der Waals surface area contributed by atoms with Crippen molar-refractivity contribution in [1.82, 2.24) is 14.7 Å². The number of nitrogens with one attached hydrogen (secondary N) is 1. The predicted octanol–water partition coefficient (Wildman–Crippen LogP) is 7.30. The molecule has 46 heavy (non-hydrogen) atoms. The molecule has 1 N–H and O–H groups in total. The molecule has 5 unspecified atom stereocenters. The minimum atomic E-state index is 0.879. The highest BCUT2D eigenvalue weighted by Gasteiger charge is 2.39. The minimum Gasteiger partial charge on any atom is -0.335 e. The quantitative estimate of drug-likeness (QED) is 0.299. The molecule has 4 nitrogen and oxygen atoms in total. The third-order valence-electron chi connectivity index (χ3n) is 15.4. The smallest absolute Gasteiger partial charge is 0.0802 e. The molecule has 268 valence electrons. The summed E-state index contributed by atoms with van der Waals surface area (Å²) in [7, 11) is 2.43. The lowest BCUT2D eigenvalue weighted by molar-refractivity contribution is -0.910. The van der Waals surface area contributed by atoms with E-state index in [0.717, 1.165) is 71.0 Å². The Morgan fingerprint density at radius 1 is 0.413 bits per heavy atom. The Kier molecular flexibility index (Phi) is 14.3. The van der Waals surface area contributed by atoms with Gasteiger partial charge in [-0.05, 0) is 175 Å². The maximum Gasteiger partial charge on any atom is 0.0802 e. The fraction of sp³-hybridized carbons (Fsp3) is 1.00. The summed E-state index contributed by atoms with van der Waals surface area (Å²) in [4.78, 5) is 10.5. The second-order valence-corrected chi connectivity index (χ2v) is 18.5. The maximum atomic E-state index is 2.90. The molecule has 0 aromatic carbocycles. The molecule has 2 saturated carbocycles. The summed E-state index contributed by atoms with van der Waals surface area (Å²) in [6.07, 6.45) is 16.2. The summed E-state index contributed by atoms with van der Waals surface area (Å²) in [6, 6.07) is 0. The van der Waals surface area contributed by atoms with Crippen molar-refractivity contribution >= 4 is 0 Å². The van der Waals surface area contributed by atoms with Gasteiger partial charge in [0.15, 0.2) is 0 Å². The largest absolute Gasteiger partial charge is 0.335 e. The summed E-state index contributed by atoms with van der Waals surface area (Å²) in [6.45, 7) is 32.3. The van der Waals surface area contributed by atoms with Crippen LogP contribution in [-0.4, -0.2) is 93.7 Å². The van der Waals surface area contributed by atoms with Gasteiger partial charge in [0, 0.05) is 25.6 Å². The van der Waals surface area contributed by atoms with Gasteiger partial charge in [-0.1, -0.05) is 48.5 Å². The van der Waals surface area contributed by atoms with E-state index in [9.17, 15) is 0 Å². The van der Waals surface area contributed by atoms with Crippen molar-refractivity contribution < 1.29 is 4.90 Å². The molecule has 13 fully saturated rings. The Balaban J connectivity index is 0.00000204. The van der Waals surface area contributed by atoms with E-state index in [2.05, 4.69) is 56.4 Å². The van der Waals surface area contributed by atoms with E-state index in [4.69, 9.17) is 0 Å². The summed E-state index contributed by atoms with van der Waals surface area (Å²) >= 11 is 0. The van der Waals surface area contributed by atoms with Crippen molar-refractivity contribution in [3.8, 4) is 0 Å². The van der Waals surface area contributed by atoms with E-state index >= 15 is 0 Å². The first-order chi connectivity index (χ1) is 22.2. The number of rotatable bonds is 0. The van der Waals surface area contributed by atoms with Crippen molar-refractivity contribution in [2.24, 2.45) is 71.0 Å². The number of hydrogen-bond acceptors (Lipinski definition) is 3. The molecular weight excluding hydrogens is 560 g/mol. The Hall–Kier alpha value is -0.160. The third kappa shape index (κ3) is 9.75. The molecular formula is C42H81N4+. The van der Waals surface area contributed by atoms with Crippen LogP contribution in [0.3, 0.4) is 0 Å². The van der Waals surface area contributed by atoms with E-state index in [0.29, 0.717) is 0 Å². The molecule has 13 rings (SSSR count). The Bertz CT molecular complexity index is 854. The van der Waals surface area contributed by atoms with Gasteiger partial charge in [-0.2, -0.15) is 0 Å². The van der Waals surface area contributed by atoms with Crippen molar-refractivity contribution in [3.05, 3.63) is 0 Å². The fourth-order valence-electron chi connectivity index (χ4n) is 11.9. The highest BCUT2D eigenvalue weighted by molar-refractivity contribution is 4.89. The van der Waals surface area contributed by atoms with E-state index in [1.54, 1.807) is 0 Å². The molecule has 11 saturated heterocycles. The Morgan fingerprint density at radius 3 is 1.35 bits per heavy atom. The molecule has 9 atom stereocenters. The van der Waals surface area contributed by atoms with Gasteiger partial charge >= 0.3 is 0 Å². The van der Waals surface area contributed by atoms with E-state index < -0.39 is 0 Å². The monoisotopic (exact) mass is 642 g/mol. The number of nitrogens with zero attached hydrogens (tertiary/aromatic N) is 3. The predicted molar refractivity (Wildman–Crippen MR) is 198 cm³/mol. The molecule has 0 aromatic rings. The van der Waals surface area contributed by atoms with Crippen molar-refractivity contribution in [2.45, 2.75) is 119 Å². The lowest BCUT2D eigenvalue weighted by Gasteiger charge is -2.45. The topological polar surface area (TPSA) is 14.2 Å². The van der Waals surface area contributed by atoms with Crippen LogP contribution in [0.5, 0.6) is 0 Å². The average Bonchev–Trinajstić information content (AvgIpc) is 3.06. The molecule has 4 heteroatoms. The zero-order valence-electron chi connectivity index (χ0n) is 32.3. The Labute approximate surface area is 288 Å². The molecule has 13 aliphatic rings. The van der Waals surface area contributed by atoms with Crippen LogP contribution < -0.4 is 4.90 Å². The Morgan fingerprint density at radius 2 is 0.826 bits per heavy atom. The normalized spacial score (nSPS) is 48.4. The van der Waals surface area contributed by atoms with Crippen molar-refractivity contribution in [2.75, 3.05) is 79.0 Å². The van der Waals surface area contributed by atoms with Crippen LogP contribution in [0.2, 0.25) is 0 Å². The van der Waals surface area contributed by atoms with E-state index in [1.807, 2.05) is 18.7 Å². The molecule has 11 aliphatic heterocycles. The van der Waals surface area contributed by atoms with Gasteiger partial charge in [-0.15, -0.1) is 0 Å². The highest BCUT2D eigenvalue weighted by atomic mass is 15.1. The minimum absolute atomic E-state index is 0.879. The molecule has 0 spiro atoms. The van der Waals surface area contributed by atoms with Gasteiger partial charge in [0.1, 0.15) is 0 Å². The number of hydrogen-bond donors (Lipinski definition) is 1.